The van der Waals surface area contributed by atoms with Crippen molar-refractivity contribution in [2.45, 2.75) is 32.7 Å². The second kappa shape index (κ2) is 5.48. The number of rotatable bonds is 3. The van der Waals surface area contributed by atoms with Crippen molar-refractivity contribution in [2.24, 2.45) is 23.5 Å². The number of piperidine rings is 1. The summed E-state index contributed by atoms with van der Waals surface area (Å²) in [6, 6.07) is 2.43. The molecule has 3 nitrogen and oxygen atoms in total. The Balaban J connectivity index is 2.52. The maximum atomic E-state index is 9.11. The van der Waals surface area contributed by atoms with E-state index in [2.05, 4.69) is 31.9 Å². The van der Waals surface area contributed by atoms with E-state index in [1.54, 1.807) is 0 Å². The normalized spacial score (nSPS) is 23.7. The summed E-state index contributed by atoms with van der Waals surface area (Å²) in [7, 11) is 2.14. The number of hydrogen-bond acceptors (Lipinski definition) is 3. The first kappa shape index (κ1) is 12.5. The fourth-order valence-corrected chi connectivity index (χ4v) is 2.39. The van der Waals surface area contributed by atoms with E-state index < -0.39 is 0 Å². The molecule has 86 valence electrons. The van der Waals surface area contributed by atoms with Gasteiger partial charge in [-0.05, 0) is 44.8 Å². The minimum atomic E-state index is 0.0124. The van der Waals surface area contributed by atoms with Crippen LogP contribution in [-0.2, 0) is 0 Å². The van der Waals surface area contributed by atoms with Crippen molar-refractivity contribution in [3.05, 3.63) is 0 Å². The molecule has 2 N–H and O–H groups in total. The molecule has 0 radical (unpaired) electrons. The Morgan fingerprint density at radius 2 is 1.87 bits per heavy atom. The minimum Gasteiger partial charge on any atom is -0.326 e. The van der Waals surface area contributed by atoms with Gasteiger partial charge in [0, 0.05) is 6.04 Å². The summed E-state index contributed by atoms with van der Waals surface area (Å²) >= 11 is 0. The summed E-state index contributed by atoms with van der Waals surface area (Å²) in [4.78, 5) is 2.33. The molecule has 0 spiro atoms. The Morgan fingerprint density at radius 3 is 2.27 bits per heavy atom. The third kappa shape index (κ3) is 3.19. The predicted molar refractivity (Wildman–Crippen MR) is 62.1 cm³/mol. The number of nitriles is 1. The van der Waals surface area contributed by atoms with E-state index in [4.69, 9.17) is 11.0 Å². The van der Waals surface area contributed by atoms with Gasteiger partial charge in [0.25, 0.3) is 0 Å². The van der Waals surface area contributed by atoms with Gasteiger partial charge < -0.3 is 10.6 Å². The van der Waals surface area contributed by atoms with Crippen LogP contribution in [-0.4, -0.2) is 31.1 Å². The minimum absolute atomic E-state index is 0.0124. The summed E-state index contributed by atoms with van der Waals surface area (Å²) < 4.78 is 0. The maximum absolute atomic E-state index is 9.11. The third-order valence-electron chi connectivity index (χ3n) is 3.59. The van der Waals surface area contributed by atoms with Gasteiger partial charge in [0.05, 0.1) is 12.0 Å². The van der Waals surface area contributed by atoms with Crippen LogP contribution in [0.3, 0.4) is 0 Å². The van der Waals surface area contributed by atoms with Crippen LogP contribution in [0.25, 0.3) is 0 Å². The van der Waals surface area contributed by atoms with E-state index in [1.807, 2.05) is 0 Å². The fraction of sp³-hybridized carbons (Fsp3) is 0.917. The zero-order chi connectivity index (χ0) is 11.4. The molecule has 2 atom stereocenters. The molecule has 2 unspecified atom stereocenters. The molecule has 1 aliphatic rings. The molecule has 15 heavy (non-hydrogen) atoms. The molecular weight excluding hydrogens is 186 g/mol. The van der Waals surface area contributed by atoms with Gasteiger partial charge in [-0.2, -0.15) is 5.26 Å². The van der Waals surface area contributed by atoms with E-state index in [-0.39, 0.29) is 12.0 Å². The van der Waals surface area contributed by atoms with Crippen LogP contribution in [0.15, 0.2) is 0 Å². The molecule has 0 aromatic heterocycles. The summed E-state index contributed by atoms with van der Waals surface area (Å²) in [5.41, 5.74) is 6.21. The van der Waals surface area contributed by atoms with Crippen LogP contribution in [0.2, 0.25) is 0 Å². The van der Waals surface area contributed by atoms with E-state index in [1.165, 1.54) is 0 Å². The van der Waals surface area contributed by atoms with E-state index in [0.29, 0.717) is 11.8 Å². The van der Waals surface area contributed by atoms with Gasteiger partial charge in [-0.3, -0.25) is 0 Å². The van der Waals surface area contributed by atoms with Gasteiger partial charge in [0.2, 0.25) is 0 Å². The highest BCUT2D eigenvalue weighted by Gasteiger charge is 2.30. The zero-order valence-electron chi connectivity index (χ0n) is 10.1. The standard InChI is InChI=1S/C12H23N3/c1-9(2)11(8-13)12(14)10-4-6-15(3)7-5-10/h9-12H,4-7,14H2,1-3H3. The molecule has 0 aliphatic carbocycles. The van der Waals surface area contributed by atoms with E-state index in [0.717, 1.165) is 25.9 Å². The van der Waals surface area contributed by atoms with Gasteiger partial charge in [-0.15, -0.1) is 0 Å². The quantitative estimate of drug-likeness (QED) is 0.765. The molecule has 0 aromatic carbocycles. The smallest absolute Gasteiger partial charge is 0.0674 e. The van der Waals surface area contributed by atoms with Crippen molar-refractivity contribution in [1.29, 1.82) is 5.26 Å². The first-order chi connectivity index (χ1) is 7.06. The number of hydrogen-bond donors (Lipinski definition) is 1. The van der Waals surface area contributed by atoms with Gasteiger partial charge >= 0.3 is 0 Å². The lowest BCUT2D eigenvalue weighted by Crippen LogP contribution is -2.44. The molecule has 1 heterocycles. The second-order valence-corrected chi connectivity index (χ2v) is 5.12. The highest BCUT2D eigenvalue weighted by atomic mass is 15.1. The first-order valence-electron chi connectivity index (χ1n) is 5.90. The molecule has 3 heteroatoms. The van der Waals surface area contributed by atoms with Gasteiger partial charge in [0.1, 0.15) is 0 Å². The van der Waals surface area contributed by atoms with E-state index in [9.17, 15) is 0 Å². The van der Waals surface area contributed by atoms with Crippen LogP contribution < -0.4 is 5.73 Å². The Labute approximate surface area is 93.2 Å². The van der Waals surface area contributed by atoms with Crippen LogP contribution in [0.5, 0.6) is 0 Å². The number of nitrogens with zero attached hydrogens (tertiary/aromatic N) is 2. The van der Waals surface area contributed by atoms with Crippen LogP contribution in [0, 0.1) is 29.1 Å². The predicted octanol–water partition coefficient (Wildman–Crippen LogP) is 1.45. The van der Waals surface area contributed by atoms with Crippen molar-refractivity contribution < 1.29 is 0 Å². The van der Waals surface area contributed by atoms with Crippen LogP contribution in [0.1, 0.15) is 26.7 Å². The van der Waals surface area contributed by atoms with Gasteiger partial charge in [-0.1, -0.05) is 13.8 Å². The molecule has 0 amide bonds. The van der Waals surface area contributed by atoms with Crippen LogP contribution in [0.4, 0.5) is 0 Å². The Bertz CT molecular complexity index is 224. The Kier molecular flexibility index (Phi) is 4.56. The average Bonchev–Trinajstić information content (AvgIpc) is 2.19. The number of nitrogens with two attached hydrogens (primary N) is 1. The summed E-state index contributed by atoms with van der Waals surface area (Å²) in [6.45, 7) is 6.41. The van der Waals surface area contributed by atoms with Crippen molar-refractivity contribution in [3.8, 4) is 6.07 Å². The number of likely N-dealkylation sites (tertiary alicyclic amines) is 1. The van der Waals surface area contributed by atoms with E-state index >= 15 is 0 Å². The lowest BCUT2D eigenvalue weighted by Gasteiger charge is -2.35. The molecule has 0 saturated carbocycles. The van der Waals surface area contributed by atoms with Crippen molar-refractivity contribution in [2.75, 3.05) is 20.1 Å². The monoisotopic (exact) mass is 209 g/mol. The molecule has 1 fully saturated rings. The summed E-state index contributed by atoms with van der Waals surface area (Å²) in [5, 5.41) is 9.11. The molecule has 0 bridgehead atoms. The largest absolute Gasteiger partial charge is 0.326 e. The highest BCUT2D eigenvalue weighted by Crippen LogP contribution is 2.26. The second-order valence-electron chi connectivity index (χ2n) is 5.12. The maximum Gasteiger partial charge on any atom is 0.0674 e. The Morgan fingerprint density at radius 1 is 1.33 bits per heavy atom. The molecular formula is C12H23N3. The molecule has 0 aromatic rings. The Hall–Kier alpha value is -0.590. The summed E-state index contributed by atoms with van der Waals surface area (Å²) in [5.74, 6) is 0.913. The lowest BCUT2D eigenvalue weighted by molar-refractivity contribution is 0.174. The first-order valence-corrected chi connectivity index (χ1v) is 5.90. The zero-order valence-corrected chi connectivity index (χ0v) is 10.1. The van der Waals surface area contributed by atoms with Crippen molar-refractivity contribution in [1.82, 2.24) is 4.90 Å². The van der Waals surface area contributed by atoms with Crippen molar-refractivity contribution >= 4 is 0 Å². The third-order valence-corrected chi connectivity index (χ3v) is 3.59. The van der Waals surface area contributed by atoms with Gasteiger partial charge in [0.15, 0.2) is 0 Å². The lowest BCUT2D eigenvalue weighted by atomic mass is 9.79. The molecule has 1 aliphatic heterocycles. The topological polar surface area (TPSA) is 53.1 Å². The fourth-order valence-electron chi connectivity index (χ4n) is 2.39. The van der Waals surface area contributed by atoms with Gasteiger partial charge in [-0.25, -0.2) is 0 Å². The van der Waals surface area contributed by atoms with Crippen molar-refractivity contribution in [3.63, 3.8) is 0 Å². The summed E-state index contributed by atoms with van der Waals surface area (Å²) in [6.07, 6.45) is 2.28. The van der Waals surface area contributed by atoms with Crippen LogP contribution >= 0.6 is 0 Å². The highest BCUT2D eigenvalue weighted by molar-refractivity contribution is 4.96. The molecule has 1 rings (SSSR count). The SMILES string of the molecule is CC(C)C(C#N)C(N)C1CCN(C)CC1. The average molecular weight is 209 g/mol. The molecule has 1 saturated heterocycles.